The molecule has 2 heterocycles. The van der Waals surface area contributed by atoms with Gasteiger partial charge in [-0.2, -0.15) is 0 Å². The van der Waals surface area contributed by atoms with E-state index in [2.05, 4.69) is 57.7 Å². The van der Waals surface area contributed by atoms with Crippen molar-refractivity contribution in [2.75, 3.05) is 5.73 Å². The first-order valence-electron chi connectivity index (χ1n) is 11.9. The van der Waals surface area contributed by atoms with Crippen LogP contribution in [0.2, 0.25) is 0 Å². The average Bonchev–Trinajstić information content (AvgIpc) is 3.26. The summed E-state index contributed by atoms with van der Waals surface area (Å²) in [6, 6.07) is 23.2. The Morgan fingerprint density at radius 1 is 0.971 bits per heavy atom. The minimum Gasteiger partial charge on any atom is -0.368 e. The topological polar surface area (TPSA) is 84.1 Å². The van der Waals surface area contributed by atoms with Gasteiger partial charge in [0.2, 0.25) is 5.95 Å². The first-order chi connectivity index (χ1) is 16.7. The number of carbonyl (C=O) groups excluding carboxylic acids is 1. The van der Waals surface area contributed by atoms with Gasteiger partial charge in [0.05, 0.1) is 5.52 Å². The molecule has 1 saturated carbocycles. The molecule has 1 aliphatic heterocycles. The number of carbonyl (C=O) groups is 1. The lowest BCUT2D eigenvalue weighted by molar-refractivity contribution is 0.0747. The molecule has 3 N–H and O–H groups in total. The van der Waals surface area contributed by atoms with Crippen LogP contribution < -0.4 is 11.1 Å². The van der Waals surface area contributed by atoms with Crippen LogP contribution in [-0.2, 0) is 19.6 Å². The predicted octanol–water partition coefficient (Wildman–Crippen LogP) is 4.68. The summed E-state index contributed by atoms with van der Waals surface area (Å²) in [4.78, 5) is 24.2. The molecule has 0 unspecified atom stereocenters. The minimum absolute atomic E-state index is 0.116. The van der Waals surface area contributed by atoms with Crippen LogP contribution in [0.15, 0.2) is 66.7 Å². The first kappa shape index (κ1) is 20.8. The zero-order valence-electron chi connectivity index (χ0n) is 19.0. The molecule has 1 aliphatic carbocycles. The van der Waals surface area contributed by atoms with Gasteiger partial charge in [-0.25, -0.2) is 9.97 Å². The van der Waals surface area contributed by atoms with Crippen molar-refractivity contribution in [2.24, 2.45) is 0 Å². The van der Waals surface area contributed by atoms with E-state index in [1.54, 1.807) is 0 Å². The summed E-state index contributed by atoms with van der Waals surface area (Å²) < 4.78 is 0. The Balaban J connectivity index is 1.37. The van der Waals surface area contributed by atoms with E-state index in [1.165, 1.54) is 36.0 Å². The van der Waals surface area contributed by atoms with Gasteiger partial charge in [0.15, 0.2) is 0 Å². The second kappa shape index (κ2) is 8.54. The van der Waals surface area contributed by atoms with E-state index in [1.807, 2.05) is 29.2 Å². The highest BCUT2D eigenvalue weighted by molar-refractivity contribution is 6.05. The molecule has 1 aromatic heterocycles. The van der Waals surface area contributed by atoms with E-state index < -0.39 is 0 Å². The highest BCUT2D eigenvalue weighted by Crippen LogP contribution is 2.31. The molecule has 3 aromatic carbocycles. The highest BCUT2D eigenvalue weighted by atomic mass is 16.2. The van der Waals surface area contributed by atoms with Crippen LogP contribution in [0.4, 0.5) is 5.95 Å². The van der Waals surface area contributed by atoms with E-state index in [0.29, 0.717) is 30.3 Å². The molecule has 0 bridgehead atoms. The summed E-state index contributed by atoms with van der Waals surface area (Å²) in [5.41, 5.74) is 12.8. The van der Waals surface area contributed by atoms with Crippen LogP contribution in [0.1, 0.15) is 46.4 Å². The Morgan fingerprint density at radius 3 is 2.44 bits per heavy atom. The SMILES string of the molecule is Nc1nc(C(=O)N2Cc3ccccc3C2)c2cc(-c3ccccc3CNC3CCC3)ccc2n1. The fourth-order valence-electron chi connectivity index (χ4n) is 4.93. The number of anilines is 1. The third-order valence-electron chi connectivity index (χ3n) is 7.06. The Hall–Kier alpha value is -3.77. The predicted molar refractivity (Wildman–Crippen MR) is 134 cm³/mol. The Morgan fingerprint density at radius 2 is 1.71 bits per heavy atom. The summed E-state index contributed by atoms with van der Waals surface area (Å²) in [5.74, 6) is -0.00204. The number of benzene rings is 3. The van der Waals surface area contributed by atoms with Crippen molar-refractivity contribution in [1.82, 2.24) is 20.2 Å². The number of nitrogens with one attached hydrogen (secondary N) is 1. The number of aromatic nitrogens is 2. The maximum atomic E-state index is 13.6. The molecule has 0 spiro atoms. The molecule has 0 atom stereocenters. The molecular weight excluding hydrogens is 422 g/mol. The van der Waals surface area contributed by atoms with Crippen LogP contribution in [0.5, 0.6) is 0 Å². The van der Waals surface area contributed by atoms with E-state index in [4.69, 9.17) is 5.73 Å². The maximum absolute atomic E-state index is 13.6. The highest BCUT2D eigenvalue weighted by Gasteiger charge is 2.27. The van der Waals surface area contributed by atoms with E-state index in [-0.39, 0.29) is 11.9 Å². The molecule has 170 valence electrons. The standard InChI is InChI=1S/C28H27N5O/c29-28-31-25-13-12-18(23-11-4-3-6-19(23)15-30-22-9-5-10-22)14-24(25)26(32-28)27(34)33-16-20-7-1-2-8-21(20)17-33/h1-4,6-8,11-14,22,30H,5,9-10,15-17H2,(H2,29,31,32). The zero-order valence-corrected chi connectivity index (χ0v) is 19.0. The number of hydrogen-bond donors (Lipinski definition) is 2. The minimum atomic E-state index is -0.118. The Bertz CT molecular complexity index is 1370. The lowest BCUT2D eigenvalue weighted by Crippen LogP contribution is -2.34. The van der Waals surface area contributed by atoms with Gasteiger partial charge in [-0.05, 0) is 52.8 Å². The van der Waals surface area contributed by atoms with Crippen LogP contribution in [0, 0.1) is 0 Å². The molecular formula is C28H27N5O. The number of nitrogen functional groups attached to an aromatic ring is 1. The molecule has 6 rings (SSSR count). The third-order valence-corrected chi connectivity index (χ3v) is 7.06. The van der Waals surface area contributed by atoms with Gasteiger partial charge in [-0.15, -0.1) is 0 Å². The number of fused-ring (bicyclic) bond motifs is 2. The molecule has 1 fully saturated rings. The summed E-state index contributed by atoms with van der Waals surface area (Å²) in [6.45, 7) is 1.99. The summed E-state index contributed by atoms with van der Waals surface area (Å²) in [5, 5.41) is 4.39. The van der Waals surface area contributed by atoms with E-state index >= 15 is 0 Å². The molecule has 1 amide bonds. The van der Waals surface area contributed by atoms with Crippen molar-refractivity contribution >= 4 is 22.8 Å². The molecule has 6 nitrogen and oxygen atoms in total. The molecule has 6 heteroatoms. The number of rotatable bonds is 5. The van der Waals surface area contributed by atoms with Gasteiger partial charge in [-0.3, -0.25) is 4.79 Å². The lowest BCUT2D eigenvalue weighted by Gasteiger charge is -2.27. The Kier molecular flexibility index (Phi) is 5.23. The summed E-state index contributed by atoms with van der Waals surface area (Å²) >= 11 is 0. The number of nitrogens with zero attached hydrogens (tertiary/aromatic N) is 3. The average molecular weight is 450 g/mol. The first-order valence-corrected chi connectivity index (χ1v) is 11.9. The number of hydrogen-bond acceptors (Lipinski definition) is 5. The maximum Gasteiger partial charge on any atom is 0.273 e. The number of amides is 1. The summed E-state index contributed by atoms with van der Waals surface area (Å²) in [7, 11) is 0. The molecule has 0 saturated heterocycles. The molecule has 0 radical (unpaired) electrons. The summed E-state index contributed by atoms with van der Waals surface area (Å²) in [6.07, 6.45) is 3.82. The van der Waals surface area contributed by atoms with Gasteiger partial charge in [0, 0.05) is 31.1 Å². The lowest BCUT2D eigenvalue weighted by atomic mass is 9.92. The van der Waals surface area contributed by atoms with Gasteiger partial charge in [0.25, 0.3) is 5.91 Å². The smallest absolute Gasteiger partial charge is 0.273 e. The fraction of sp³-hybridized carbons (Fsp3) is 0.250. The van der Waals surface area contributed by atoms with Crippen molar-refractivity contribution in [1.29, 1.82) is 0 Å². The van der Waals surface area contributed by atoms with Crippen molar-refractivity contribution in [3.05, 3.63) is 89.1 Å². The zero-order chi connectivity index (χ0) is 23.1. The van der Waals surface area contributed by atoms with E-state index in [0.717, 1.165) is 23.1 Å². The monoisotopic (exact) mass is 449 g/mol. The van der Waals surface area contributed by atoms with Gasteiger partial charge in [0.1, 0.15) is 5.69 Å². The largest absolute Gasteiger partial charge is 0.368 e. The third kappa shape index (κ3) is 3.80. The molecule has 34 heavy (non-hydrogen) atoms. The van der Waals surface area contributed by atoms with Crippen LogP contribution in [0.3, 0.4) is 0 Å². The quantitative estimate of drug-likeness (QED) is 0.462. The van der Waals surface area contributed by atoms with Gasteiger partial charge in [-0.1, -0.05) is 61.0 Å². The van der Waals surface area contributed by atoms with Crippen LogP contribution in [-0.4, -0.2) is 26.8 Å². The van der Waals surface area contributed by atoms with Crippen molar-refractivity contribution in [2.45, 2.75) is 44.9 Å². The van der Waals surface area contributed by atoms with Gasteiger partial charge < -0.3 is 16.0 Å². The van der Waals surface area contributed by atoms with Crippen LogP contribution in [0.25, 0.3) is 22.0 Å². The fourth-order valence-corrected chi connectivity index (χ4v) is 4.93. The molecule has 4 aromatic rings. The van der Waals surface area contributed by atoms with E-state index in [9.17, 15) is 4.79 Å². The van der Waals surface area contributed by atoms with Crippen LogP contribution >= 0.6 is 0 Å². The second-order valence-electron chi connectivity index (χ2n) is 9.26. The number of nitrogens with two attached hydrogens (primary N) is 1. The second-order valence-corrected chi connectivity index (χ2v) is 9.26. The van der Waals surface area contributed by atoms with Gasteiger partial charge >= 0.3 is 0 Å². The van der Waals surface area contributed by atoms with Crippen molar-refractivity contribution < 1.29 is 4.79 Å². The van der Waals surface area contributed by atoms with Crippen molar-refractivity contribution in [3.8, 4) is 11.1 Å². The van der Waals surface area contributed by atoms with Crippen molar-refractivity contribution in [3.63, 3.8) is 0 Å². The molecule has 2 aliphatic rings. The Labute approximate surface area is 198 Å². The normalized spacial score (nSPS) is 15.4.